The summed E-state index contributed by atoms with van der Waals surface area (Å²) in [5.74, 6) is -2.93. The zero-order valence-corrected chi connectivity index (χ0v) is 11.0. The Labute approximate surface area is 118 Å². The van der Waals surface area contributed by atoms with Gasteiger partial charge in [0, 0.05) is 13.0 Å². The summed E-state index contributed by atoms with van der Waals surface area (Å²) in [5, 5.41) is 8.68. The van der Waals surface area contributed by atoms with Crippen molar-refractivity contribution in [2.24, 2.45) is 0 Å². The summed E-state index contributed by atoms with van der Waals surface area (Å²) in [6.07, 6.45) is -4.87. The molecule has 0 radical (unpaired) electrons. The summed E-state index contributed by atoms with van der Waals surface area (Å²) < 4.78 is 62.5. The predicted octanol–water partition coefficient (Wildman–Crippen LogP) is 2.28. The van der Waals surface area contributed by atoms with Crippen molar-refractivity contribution in [2.75, 3.05) is 19.7 Å². The van der Waals surface area contributed by atoms with Gasteiger partial charge in [-0.25, -0.2) is 8.78 Å². The smallest absolute Gasteiger partial charge is 0.395 e. The van der Waals surface area contributed by atoms with E-state index in [1.165, 1.54) is 6.07 Å². The van der Waals surface area contributed by atoms with E-state index >= 15 is 0 Å². The van der Waals surface area contributed by atoms with E-state index in [2.05, 4.69) is 0 Å². The highest BCUT2D eigenvalue weighted by Crippen LogP contribution is 2.17. The Hall–Kier alpha value is -1.70. The average molecular weight is 311 g/mol. The number of aliphatic hydroxyl groups excluding tert-OH is 1. The Morgan fingerprint density at radius 1 is 1.19 bits per heavy atom. The van der Waals surface area contributed by atoms with Crippen LogP contribution in [0.4, 0.5) is 22.0 Å². The number of rotatable bonds is 6. The van der Waals surface area contributed by atoms with E-state index in [0.29, 0.717) is 10.5 Å². The van der Waals surface area contributed by atoms with Crippen molar-refractivity contribution in [3.8, 4) is 0 Å². The third kappa shape index (κ3) is 6.07. The second kappa shape index (κ2) is 7.35. The SMILES string of the molecule is O=C(CCc1ccc(F)c(F)c1)N(CCO)CC(F)(F)F. The first-order chi connectivity index (χ1) is 9.73. The maximum atomic E-state index is 13.0. The first-order valence-corrected chi connectivity index (χ1v) is 6.12. The molecule has 0 unspecified atom stereocenters. The summed E-state index contributed by atoms with van der Waals surface area (Å²) in [4.78, 5) is 12.2. The van der Waals surface area contributed by atoms with Crippen molar-refractivity contribution in [2.45, 2.75) is 19.0 Å². The molecule has 0 aliphatic carbocycles. The summed E-state index contributed by atoms with van der Waals surface area (Å²) in [6.45, 7) is -2.48. The van der Waals surface area contributed by atoms with E-state index in [1.54, 1.807) is 0 Å². The number of carbonyl (C=O) groups is 1. The molecule has 1 aromatic carbocycles. The third-order valence-corrected chi connectivity index (χ3v) is 2.70. The summed E-state index contributed by atoms with van der Waals surface area (Å²) in [5.41, 5.74) is 0.304. The van der Waals surface area contributed by atoms with Crippen LogP contribution in [-0.4, -0.2) is 41.8 Å². The van der Waals surface area contributed by atoms with Crippen LogP contribution >= 0.6 is 0 Å². The number of alkyl halides is 3. The lowest BCUT2D eigenvalue weighted by Gasteiger charge is -2.23. The molecule has 0 aliphatic rings. The highest BCUT2D eigenvalue weighted by Gasteiger charge is 2.32. The van der Waals surface area contributed by atoms with E-state index < -0.39 is 43.4 Å². The molecular weight excluding hydrogens is 297 g/mol. The second-order valence-corrected chi connectivity index (χ2v) is 4.40. The zero-order chi connectivity index (χ0) is 16.0. The zero-order valence-electron chi connectivity index (χ0n) is 11.0. The molecule has 0 spiro atoms. The van der Waals surface area contributed by atoms with Crippen LogP contribution in [-0.2, 0) is 11.2 Å². The summed E-state index contributed by atoms with van der Waals surface area (Å²) >= 11 is 0. The largest absolute Gasteiger partial charge is 0.406 e. The Morgan fingerprint density at radius 3 is 2.38 bits per heavy atom. The molecule has 0 heterocycles. The molecule has 8 heteroatoms. The van der Waals surface area contributed by atoms with Crippen molar-refractivity contribution in [3.63, 3.8) is 0 Å². The van der Waals surface area contributed by atoms with Crippen molar-refractivity contribution < 1.29 is 31.9 Å². The molecule has 1 aromatic rings. The molecule has 21 heavy (non-hydrogen) atoms. The first kappa shape index (κ1) is 17.4. The van der Waals surface area contributed by atoms with Crippen LogP contribution in [0.25, 0.3) is 0 Å². The van der Waals surface area contributed by atoms with Crippen LogP contribution in [0.1, 0.15) is 12.0 Å². The molecule has 1 amide bonds. The summed E-state index contributed by atoms with van der Waals surface area (Å²) in [7, 11) is 0. The quantitative estimate of drug-likeness (QED) is 0.819. The molecular formula is C13H14F5NO2. The number of hydrogen-bond acceptors (Lipinski definition) is 2. The molecule has 1 N–H and O–H groups in total. The van der Waals surface area contributed by atoms with Gasteiger partial charge >= 0.3 is 6.18 Å². The molecule has 3 nitrogen and oxygen atoms in total. The van der Waals surface area contributed by atoms with Crippen LogP contribution < -0.4 is 0 Å². The molecule has 0 aromatic heterocycles. The monoisotopic (exact) mass is 311 g/mol. The van der Waals surface area contributed by atoms with Gasteiger partial charge in [0.15, 0.2) is 11.6 Å². The number of aryl methyl sites for hydroxylation is 1. The van der Waals surface area contributed by atoms with Gasteiger partial charge in [0.2, 0.25) is 5.91 Å². The fraction of sp³-hybridized carbons (Fsp3) is 0.462. The number of hydrogen-bond donors (Lipinski definition) is 1. The Kier molecular flexibility index (Phi) is 6.07. The summed E-state index contributed by atoms with van der Waals surface area (Å²) in [6, 6.07) is 3.03. The Morgan fingerprint density at radius 2 is 1.86 bits per heavy atom. The maximum absolute atomic E-state index is 13.0. The van der Waals surface area contributed by atoms with E-state index in [1.807, 2.05) is 0 Å². The Balaban J connectivity index is 2.62. The fourth-order valence-corrected chi connectivity index (χ4v) is 1.73. The van der Waals surface area contributed by atoms with Gasteiger partial charge in [0.05, 0.1) is 6.61 Å². The van der Waals surface area contributed by atoms with Crippen LogP contribution in [0.2, 0.25) is 0 Å². The molecule has 0 bridgehead atoms. The molecule has 118 valence electrons. The normalized spacial score (nSPS) is 11.5. The molecule has 0 saturated carbocycles. The highest BCUT2D eigenvalue weighted by atomic mass is 19.4. The number of nitrogens with zero attached hydrogens (tertiary/aromatic N) is 1. The van der Waals surface area contributed by atoms with E-state index in [4.69, 9.17) is 5.11 Å². The van der Waals surface area contributed by atoms with Gasteiger partial charge < -0.3 is 10.0 Å². The minimum atomic E-state index is -4.56. The van der Waals surface area contributed by atoms with Gasteiger partial charge in [0.1, 0.15) is 6.54 Å². The van der Waals surface area contributed by atoms with Gasteiger partial charge in [-0.05, 0) is 24.1 Å². The molecule has 0 saturated heterocycles. The number of amides is 1. The molecule has 1 rings (SSSR count). The second-order valence-electron chi connectivity index (χ2n) is 4.40. The van der Waals surface area contributed by atoms with Crippen LogP contribution in [0.5, 0.6) is 0 Å². The van der Waals surface area contributed by atoms with Crippen LogP contribution in [0, 0.1) is 11.6 Å². The number of carbonyl (C=O) groups excluding carboxylic acids is 1. The molecule has 0 fully saturated rings. The fourth-order valence-electron chi connectivity index (χ4n) is 1.73. The highest BCUT2D eigenvalue weighted by molar-refractivity contribution is 5.76. The lowest BCUT2D eigenvalue weighted by Crippen LogP contribution is -2.40. The number of halogens is 5. The van der Waals surface area contributed by atoms with Gasteiger partial charge in [-0.15, -0.1) is 0 Å². The van der Waals surface area contributed by atoms with Gasteiger partial charge in [-0.1, -0.05) is 6.07 Å². The maximum Gasteiger partial charge on any atom is 0.406 e. The standard InChI is InChI=1S/C13H14F5NO2/c14-10-3-1-9(7-11(10)15)2-4-12(21)19(5-6-20)8-13(16,17)18/h1,3,7,20H,2,4-6,8H2. The van der Waals surface area contributed by atoms with Crippen molar-refractivity contribution in [3.05, 3.63) is 35.4 Å². The topological polar surface area (TPSA) is 40.5 Å². The minimum Gasteiger partial charge on any atom is -0.395 e. The van der Waals surface area contributed by atoms with Gasteiger partial charge in [-0.3, -0.25) is 4.79 Å². The minimum absolute atomic E-state index is 0.0180. The Bertz CT molecular complexity index is 490. The lowest BCUT2D eigenvalue weighted by atomic mass is 10.1. The van der Waals surface area contributed by atoms with Crippen molar-refractivity contribution in [1.82, 2.24) is 4.90 Å². The van der Waals surface area contributed by atoms with Gasteiger partial charge in [-0.2, -0.15) is 13.2 Å². The van der Waals surface area contributed by atoms with Crippen molar-refractivity contribution >= 4 is 5.91 Å². The van der Waals surface area contributed by atoms with Gasteiger partial charge in [0.25, 0.3) is 0 Å². The average Bonchev–Trinajstić information content (AvgIpc) is 2.38. The van der Waals surface area contributed by atoms with E-state index in [0.717, 1.165) is 12.1 Å². The molecule has 0 atom stereocenters. The third-order valence-electron chi connectivity index (χ3n) is 2.70. The van der Waals surface area contributed by atoms with E-state index in [9.17, 15) is 26.7 Å². The number of aliphatic hydroxyl groups is 1. The first-order valence-electron chi connectivity index (χ1n) is 6.12. The molecule has 0 aliphatic heterocycles. The predicted molar refractivity (Wildman–Crippen MR) is 64.4 cm³/mol. The van der Waals surface area contributed by atoms with Crippen LogP contribution in [0.15, 0.2) is 18.2 Å². The number of benzene rings is 1. The van der Waals surface area contributed by atoms with Crippen molar-refractivity contribution in [1.29, 1.82) is 0 Å². The van der Waals surface area contributed by atoms with E-state index in [-0.39, 0.29) is 12.8 Å². The van der Waals surface area contributed by atoms with Crippen LogP contribution in [0.3, 0.4) is 0 Å². The lowest BCUT2D eigenvalue weighted by molar-refractivity contribution is -0.162.